The van der Waals surface area contributed by atoms with Gasteiger partial charge in [0.2, 0.25) is 10.0 Å². The van der Waals surface area contributed by atoms with E-state index in [-0.39, 0.29) is 29.4 Å². The number of benzene rings is 1. The molecule has 1 rings (SSSR count). The molecular formula is C13H19BrClN3O2S. The summed E-state index contributed by atoms with van der Waals surface area (Å²) in [5, 5.41) is 8.88. The lowest BCUT2D eigenvalue weighted by atomic mass is 9.95. The summed E-state index contributed by atoms with van der Waals surface area (Å²) in [5.41, 5.74) is 5.80. The lowest BCUT2D eigenvalue weighted by molar-refractivity contribution is 0.392. The number of nitrogens with zero attached hydrogens (tertiary/aromatic N) is 1. The van der Waals surface area contributed by atoms with E-state index < -0.39 is 15.6 Å². The Hall–Kier alpha value is -0.650. The number of nitrogens with one attached hydrogen (secondary N) is 1. The van der Waals surface area contributed by atoms with Gasteiger partial charge < -0.3 is 5.73 Å². The van der Waals surface area contributed by atoms with Gasteiger partial charge in [-0.25, -0.2) is 13.1 Å². The summed E-state index contributed by atoms with van der Waals surface area (Å²) >= 11 is 3.20. The average molecular weight is 397 g/mol. The molecule has 0 atom stereocenters. The fourth-order valence-corrected chi connectivity index (χ4v) is 3.46. The SMILES string of the molecule is CCC(N)(CC)CNS(=O)(=O)c1cc(Br)cc(C#N)c1.Cl. The molecule has 0 aliphatic rings. The Balaban J connectivity index is 0.00000400. The molecule has 0 saturated carbocycles. The first-order chi connectivity index (χ1) is 9.26. The van der Waals surface area contributed by atoms with Gasteiger partial charge in [0, 0.05) is 16.6 Å². The average Bonchev–Trinajstić information content (AvgIpc) is 2.44. The summed E-state index contributed by atoms with van der Waals surface area (Å²) in [6.07, 6.45) is 1.35. The van der Waals surface area contributed by atoms with E-state index in [9.17, 15) is 8.42 Å². The predicted molar refractivity (Wildman–Crippen MR) is 88.8 cm³/mol. The fourth-order valence-electron chi connectivity index (χ4n) is 1.60. The molecular weight excluding hydrogens is 378 g/mol. The van der Waals surface area contributed by atoms with Gasteiger partial charge in [-0.2, -0.15) is 5.26 Å². The van der Waals surface area contributed by atoms with Crippen molar-refractivity contribution in [1.82, 2.24) is 4.72 Å². The minimum atomic E-state index is -3.68. The third-order valence-electron chi connectivity index (χ3n) is 3.33. The van der Waals surface area contributed by atoms with Gasteiger partial charge in [0.1, 0.15) is 0 Å². The zero-order valence-electron chi connectivity index (χ0n) is 11.9. The number of hydrogen-bond donors (Lipinski definition) is 2. The van der Waals surface area contributed by atoms with Crippen molar-refractivity contribution in [3.63, 3.8) is 0 Å². The molecule has 118 valence electrons. The smallest absolute Gasteiger partial charge is 0.240 e. The summed E-state index contributed by atoms with van der Waals surface area (Å²) in [6.45, 7) is 4.01. The normalized spacial score (nSPS) is 11.6. The van der Waals surface area contributed by atoms with E-state index >= 15 is 0 Å². The number of nitrogens with two attached hydrogens (primary N) is 1. The van der Waals surface area contributed by atoms with Crippen LogP contribution in [0.2, 0.25) is 0 Å². The molecule has 0 heterocycles. The second-order valence-corrected chi connectivity index (χ2v) is 7.36. The van der Waals surface area contributed by atoms with Gasteiger partial charge in [-0.1, -0.05) is 29.8 Å². The summed E-state index contributed by atoms with van der Waals surface area (Å²) in [5.74, 6) is 0. The summed E-state index contributed by atoms with van der Waals surface area (Å²) in [4.78, 5) is 0.0537. The van der Waals surface area contributed by atoms with Crippen molar-refractivity contribution in [2.75, 3.05) is 6.54 Å². The predicted octanol–water partition coefficient (Wildman–Crippen LogP) is 2.54. The molecule has 0 fully saturated rings. The number of sulfonamides is 1. The Bertz CT molecular complexity index is 625. The lowest BCUT2D eigenvalue weighted by Gasteiger charge is -2.26. The van der Waals surface area contributed by atoms with Crippen LogP contribution in [-0.2, 0) is 10.0 Å². The van der Waals surface area contributed by atoms with Crippen LogP contribution in [0.5, 0.6) is 0 Å². The van der Waals surface area contributed by atoms with Crippen LogP contribution in [0, 0.1) is 11.3 Å². The van der Waals surface area contributed by atoms with E-state index in [2.05, 4.69) is 20.7 Å². The van der Waals surface area contributed by atoms with Crippen LogP contribution in [0.25, 0.3) is 0 Å². The summed E-state index contributed by atoms with van der Waals surface area (Å²) in [7, 11) is -3.68. The number of hydrogen-bond acceptors (Lipinski definition) is 4. The highest BCUT2D eigenvalue weighted by atomic mass is 79.9. The molecule has 0 amide bonds. The first-order valence-corrected chi connectivity index (χ1v) is 8.53. The summed E-state index contributed by atoms with van der Waals surface area (Å²) < 4.78 is 27.5. The molecule has 0 radical (unpaired) electrons. The highest BCUT2D eigenvalue weighted by Gasteiger charge is 2.24. The fraction of sp³-hybridized carbons (Fsp3) is 0.462. The van der Waals surface area contributed by atoms with Crippen LogP contribution in [0.1, 0.15) is 32.3 Å². The van der Waals surface area contributed by atoms with Gasteiger partial charge >= 0.3 is 0 Å². The van der Waals surface area contributed by atoms with Crippen LogP contribution in [0.3, 0.4) is 0 Å². The van der Waals surface area contributed by atoms with E-state index in [1.54, 1.807) is 6.07 Å². The minimum Gasteiger partial charge on any atom is -0.324 e. The monoisotopic (exact) mass is 395 g/mol. The molecule has 0 spiro atoms. The zero-order valence-corrected chi connectivity index (χ0v) is 15.1. The minimum absolute atomic E-state index is 0. The Labute approximate surface area is 140 Å². The number of nitriles is 1. The third-order valence-corrected chi connectivity index (χ3v) is 5.17. The van der Waals surface area contributed by atoms with Crippen LogP contribution in [-0.4, -0.2) is 20.5 Å². The Kier molecular flexibility index (Phi) is 7.86. The van der Waals surface area contributed by atoms with Crippen LogP contribution in [0.15, 0.2) is 27.6 Å². The molecule has 1 aromatic rings. The molecule has 5 nitrogen and oxygen atoms in total. The van der Waals surface area contributed by atoms with Crippen molar-refractivity contribution in [2.45, 2.75) is 37.1 Å². The molecule has 0 saturated heterocycles. The van der Waals surface area contributed by atoms with Crippen molar-refractivity contribution in [1.29, 1.82) is 5.26 Å². The Morgan fingerprint density at radius 1 is 1.33 bits per heavy atom. The van der Waals surface area contributed by atoms with Gasteiger partial charge in [-0.05, 0) is 31.0 Å². The van der Waals surface area contributed by atoms with Crippen molar-refractivity contribution >= 4 is 38.4 Å². The summed E-state index contributed by atoms with van der Waals surface area (Å²) in [6, 6.07) is 6.28. The Morgan fingerprint density at radius 2 is 1.90 bits per heavy atom. The quantitative estimate of drug-likeness (QED) is 0.772. The lowest BCUT2D eigenvalue weighted by Crippen LogP contribution is -2.49. The van der Waals surface area contributed by atoms with Crippen LogP contribution in [0.4, 0.5) is 0 Å². The van der Waals surface area contributed by atoms with Gasteiger partial charge in [0.15, 0.2) is 0 Å². The van der Waals surface area contributed by atoms with E-state index in [4.69, 9.17) is 11.0 Å². The molecule has 0 aliphatic carbocycles. The van der Waals surface area contributed by atoms with Gasteiger partial charge in [0.05, 0.1) is 16.5 Å². The van der Waals surface area contributed by atoms with E-state index in [1.165, 1.54) is 12.1 Å². The first-order valence-electron chi connectivity index (χ1n) is 6.25. The van der Waals surface area contributed by atoms with Gasteiger partial charge in [0.25, 0.3) is 0 Å². The van der Waals surface area contributed by atoms with Crippen molar-refractivity contribution < 1.29 is 8.42 Å². The number of rotatable bonds is 6. The molecule has 8 heteroatoms. The molecule has 3 N–H and O–H groups in total. The first kappa shape index (κ1) is 20.3. The molecule has 21 heavy (non-hydrogen) atoms. The van der Waals surface area contributed by atoms with Gasteiger partial charge in [-0.15, -0.1) is 12.4 Å². The maximum absolute atomic E-state index is 12.2. The van der Waals surface area contributed by atoms with E-state index in [0.717, 1.165) is 0 Å². The van der Waals surface area contributed by atoms with Crippen LogP contribution >= 0.6 is 28.3 Å². The highest BCUT2D eigenvalue weighted by molar-refractivity contribution is 9.10. The van der Waals surface area contributed by atoms with E-state index in [1.807, 2.05) is 19.9 Å². The largest absolute Gasteiger partial charge is 0.324 e. The van der Waals surface area contributed by atoms with Crippen molar-refractivity contribution in [2.24, 2.45) is 5.73 Å². The standard InChI is InChI=1S/C13H18BrN3O2S.ClH/c1-3-13(16,4-2)9-17-20(18,19)12-6-10(8-15)5-11(14)7-12;/h5-7,17H,3-4,9,16H2,1-2H3;1H. The topological polar surface area (TPSA) is 96.0 Å². The second kappa shape index (κ2) is 8.11. The van der Waals surface area contributed by atoms with Crippen molar-refractivity contribution in [3.05, 3.63) is 28.2 Å². The Morgan fingerprint density at radius 3 is 2.38 bits per heavy atom. The second-order valence-electron chi connectivity index (χ2n) is 4.68. The molecule has 0 aliphatic heterocycles. The zero-order chi connectivity index (χ0) is 15.4. The molecule has 0 bridgehead atoms. The maximum atomic E-state index is 12.2. The van der Waals surface area contributed by atoms with Gasteiger partial charge in [-0.3, -0.25) is 0 Å². The van der Waals surface area contributed by atoms with E-state index in [0.29, 0.717) is 17.3 Å². The molecule has 0 unspecified atom stereocenters. The number of halogens is 2. The maximum Gasteiger partial charge on any atom is 0.240 e. The third kappa shape index (κ3) is 5.57. The molecule has 0 aromatic heterocycles. The molecule has 1 aromatic carbocycles. The van der Waals surface area contributed by atoms with Crippen LogP contribution < -0.4 is 10.5 Å². The highest BCUT2D eigenvalue weighted by Crippen LogP contribution is 2.20. The van der Waals surface area contributed by atoms with Crippen molar-refractivity contribution in [3.8, 4) is 6.07 Å².